The van der Waals surface area contributed by atoms with Crippen LogP contribution in [0.4, 0.5) is 0 Å². The SMILES string of the molecule is O=C(O)C1(Cc2cccs2)CC2CCC1C2. The minimum Gasteiger partial charge on any atom is -0.481 e. The van der Waals surface area contributed by atoms with E-state index in [1.807, 2.05) is 11.4 Å². The molecule has 3 rings (SSSR count). The number of fused-ring (bicyclic) bond motifs is 2. The van der Waals surface area contributed by atoms with Gasteiger partial charge in [0.05, 0.1) is 5.41 Å². The first-order valence-corrected chi connectivity index (χ1v) is 6.84. The van der Waals surface area contributed by atoms with E-state index in [0.29, 0.717) is 11.8 Å². The molecule has 2 bridgehead atoms. The maximum Gasteiger partial charge on any atom is 0.310 e. The molecule has 3 unspecified atom stereocenters. The third-order valence-corrected chi connectivity index (χ3v) is 5.35. The molecule has 1 aromatic rings. The Hall–Kier alpha value is -0.830. The Bertz CT molecular complexity index is 398. The molecule has 1 N–H and O–H groups in total. The lowest BCUT2D eigenvalue weighted by Gasteiger charge is -2.33. The van der Waals surface area contributed by atoms with Crippen molar-refractivity contribution >= 4 is 17.3 Å². The van der Waals surface area contributed by atoms with Crippen LogP contribution in [0.25, 0.3) is 0 Å². The van der Waals surface area contributed by atoms with Gasteiger partial charge in [-0.3, -0.25) is 4.79 Å². The molecule has 2 saturated carbocycles. The third kappa shape index (κ3) is 1.41. The molecular formula is C13H16O2S. The number of carboxylic acids is 1. The summed E-state index contributed by atoms with van der Waals surface area (Å²) in [4.78, 5) is 12.9. The quantitative estimate of drug-likeness (QED) is 0.875. The summed E-state index contributed by atoms with van der Waals surface area (Å²) < 4.78 is 0. The molecule has 1 heterocycles. The summed E-state index contributed by atoms with van der Waals surface area (Å²) in [5.41, 5.74) is -0.437. The summed E-state index contributed by atoms with van der Waals surface area (Å²) in [6, 6.07) is 4.09. The molecular weight excluding hydrogens is 220 g/mol. The zero-order valence-corrected chi connectivity index (χ0v) is 10.0. The van der Waals surface area contributed by atoms with Gasteiger partial charge in [-0.15, -0.1) is 11.3 Å². The van der Waals surface area contributed by atoms with Gasteiger partial charge in [-0.05, 0) is 49.0 Å². The van der Waals surface area contributed by atoms with Crippen LogP contribution in [-0.4, -0.2) is 11.1 Å². The normalized spacial score (nSPS) is 36.8. The molecule has 0 amide bonds. The first kappa shape index (κ1) is 10.3. The van der Waals surface area contributed by atoms with Gasteiger partial charge in [0.1, 0.15) is 0 Å². The van der Waals surface area contributed by atoms with E-state index in [-0.39, 0.29) is 0 Å². The van der Waals surface area contributed by atoms with E-state index >= 15 is 0 Å². The van der Waals surface area contributed by atoms with Gasteiger partial charge in [0.2, 0.25) is 0 Å². The van der Waals surface area contributed by atoms with Gasteiger partial charge in [-0.2, -0.15) is 0 Å². The Morgan fingerprint density at radius 1 is 1.56 bits per heavy atom. The molecule has 0 aromatic carbocycles. The van der Waals surface area contributed by atoms with E-state index in [2.05, 4.69) is 6.07 Å². The monoisotopic (exact) mass is 236 g/mol. The van der Waals surface area contributed by atoms with Crippen molar-refractivity contribution < 1.29 is 9.90 Å². The Morgan fingerprint density at radius 3 is 2.94 bits per heavy atom. The van der Waals surface area contributed by atoms with Crippen molar-refractivity contribution in [1.29, 1.82) is 0 Å². The molecule has 3 atom stereocenters. The van der Waals surface area contributed by atoms with Crippen LogP contribution in [0.1, 0.15) is 30.6 Å². The van der Waals surface area contributed by atoms with Crippen LogP contribution in [0.3, 0.4) is 0 Å². The molecule has 2 nitrogen and oxygen atoms in total. The van der Waals surface area contributed by atoms with Crippen LogP contribution in [0.2, 0.25) is 0 Å². The first-order chi connectivity index (χ1) is 7.71. The van der Waals surface area contributed by atoms with Crippen molar-refractivity contribution in [3.8, 4) is 0 Å². The van der Waals surface area contributed by atoms with E-state index < -0.39 is 11.4 Å². The average Bonchev–Trinajstić information content (AvgIpc) is 2.92. The van der Waals surface area contributed by atoms with Crippen molar-refractivity contribution in [2.75, 3.05) is 0 Å². The number of carboxylic acid groups (broad SMARTS) is 1. The van der Waals surface area contributed by atoms with Gasteiger partial charge in [0, 0.05) is 4.88 Å². The molecule has 86 valence electrons. The fraction of sp³-hybridized carbons (Fsp3) is 0.615. The summed E-state index contributed by atoms with van der Waals surface area (Å²) in [6.45, 7) is 0. The zero-order chi connectivity index (χ0) is 11.2. The molecule has 1 aromatic heterocycles. The number of thiophene rings is 1. The van der Waals surface area contributed by atoms with Crippen molar-refractivity contribution in [3.05, 3.63) is 22.4 Å². The Balaban J connectivity index is 1.89. The predicted molar refractivity (Wildman–Crippen MR) is 63.5 cm³/mol. The van der Waals surface area contributed by atoms with Gasteiger partial charge in [-0.25, -0.2) is 0 Å². The second-order valence-electron chi connectivity index (χ2n) is 5.30. The summed E-state index contributed by atoms with van der Waals surface area (Å²) in [5, 5.41) is 11.6. The largest absolute Gasteiger partial charge is 0.481 e. The van der Waals surface area contributed by atoms with Crippen LogP contribution in [0.5, 0.6) is 0 Å². The lowest BCUT2D eigenvalue weighted by molar-refractivity contribution is -0.152. The second-order valence-corrected chi connectivity index (χ2v) is 6.33. The lowest BCUT2D eigenvalue weighted by Crippen LogP contribution is -2.38. The highest BCUT2D eigenvalue weighted by Crippen LogP contribution is 2.57. The topological polar surface area (TPSA) is 37.3 Å². The Labute approximate surface area is 99.3 Å². The predicted octanol–water partition coefficient (Wildman–Crippen LogP) is 3.18. The number of hydrogen-bond acceptors (Lipinski definition) is 2. The first-order valence-electron chi connectivity index (χ1n) is 5.96. The van der Waals surface area contributed by atoms with E-state index in [4.69, 9.17) is 0 Å². The van der Waals surface area contributed by atoms with Gasteiger partial charge in [-0.1, -0.05) is 12.5 Å². The third-order valence-electron chi connectivity index (χ3n) is 4.47. The van der Waals surface area contributed by atoms with Gasteiger partial charge in [0.15, 0.2) is 0 Å². The highest BCUT2D eigenvalue weighted by molar-refractivity contribution is 7.09. The van der Waals surface area contributed by atoms with E-state index in [1.54, 1.807) is 11.3 Å². The molecule has 3 heteroatoms. The lowest BCUT2D eigenvalue weighted by atomic mass is 9.70. The Kier molecular flexibility index (Phi) is 2.32. The summed E-state index contributed by atoms with van der Waals surface area (Å²) >= 11 is 1.69. The molecule has 2 aliphatic carbocycles. The van der Waals surface area contributed by atoms with Crippen LogP contribution in [0.15, 0.2) is 17.5 Å². The van der Waals surface area contributed by atoms with E-state index in [0.717, 1.165) is 25.7 Å². The minimum absolute atomic E-state index is 0.428. The fourth-order valence-electron chi connectivity index (χ4n) is 3.72. The molecule has 2 fully saturated rings. The molecule has 16 heavy (non-hydrogen) atoms. The summed E-state index contributed by atoms with van der Waals surface area (Å²) in [5.74, 6) is 0.547. The molecule has 0 saturated heterocycles. The molecule has 2 aliphatic rings. The van der Waals surface area contributed by atoms with Crippen LogP contribution in [-0.2, 0) is 11.2 Å². The van der Waals surface area contributed by atoms with Gasteiger partial charge in [0.25, 0.3) is 0 Å². The number of rotatable bonds is 3. The average molecular weight is 236 g/mol. The van der Waals surface area contributed by atoms with E-state index in [1.165, 1.54) is 11.3 Å². The summed E-state index contributed by atoms with van der Waals surface area (Å²) in [6.07, 6.45) is 5.19. The summed E-state index contributed by atoms with van der Waals surface area (Å²) in [7, 11) is 0. The van der Waals surface area contributed by atoms with Crippen LogP contribution < -0.4 is 0 Å². The number of carbonyl (C=O) groups is 1. The molecule has 0 aliphatic heterocycles. The van der Waals surface area contributed by atoms with Crippen LogP contribution >= 0.6 is 11.3 Å². The fourth-order valence-corrected chi connectivity index (χ4v) is 4.55. The van der Waals surface area contributed by atoms with Gasteiger partial charge >= 0.3 is 5.97 Å². The zero-order valence-electron chi connectivity index (χ0n) is 9.19. The van der Waals surface area contributed by atoms with Gasteiger partial charge < -0.3 is 5.11 Å². The standard InChI is InChI=1S/C13H16O2S/c14-12(15)13(8-11-2-1-5-16-11)7-9-3-4-10(13)6-9/h1-2,5,9-10H,3-4,6-8H2,(H,14,15). The smallest absolute Gasteiger partial charge is 0.310 e. The Morgan fingerprint density at radius 2 is 2.44 bits per heavy atom. The number of hydrogen-bond donors (Lipinski definition) is 1. The molecule has 0 radical (unpaired) electrons. The minimum atomic E-state index is -0.562. The van der Waals surface area contributed by atoms with Crippen LogP contribution in [0, 0.1) is 17.3 Å². The maximum absolute atomic E-state index is 11.6. The maximum atomic E-state index is 11.6. The van der Waals surface area contributed by atoms with E-state index in [9.17, 15) is 9.90 Å². The van der Waals surface area contributed by atoms with Crippen molar-refractivity contribution in [2.24, 2.45) is 17.3 Å². The second kappa shape index (κ2) is 3.59. The highest BCUT2D eigenvalue weighted by atomic mass is 32.1. The van der Waals surface area contributed by atoms with Crippen molar-refractivity contribution in [2.45, 2.75) is 32.1 Å². The molecule has 0 spiro atoms. The van der Waals surface area contributed by atoms with Crippen molar-refractivity contribution in [1.82, 2.24) is 0 Å². The van der Waals surface area contributed by atoms with Crippen molar-refractivity contribution in [3.63, 3.8) is 0 Å². The number of aliphatic carboxylic acids is 1. The highest BCUT2D eigenvalue weighted by Gasteiger charge is 2.55.